The Kier molecular flexibility index (Phi) is 6.86. The minimum absolute atomic E-state index is 0.141. The Morgan fingerprint density at radius 2 is 1.40 bits per heavy atom. The molecule has 0 aliphatic carbocycles. The fourth-order valence-corrected chi connectivity index (χ4v) is 3.36. The fraction of sp³-hybridized carbons (Fsp3) is 0.200. The maximum absolute atomic E-state index is 12.0. The number of rotatable bonds is 7. The Bertz CT molecular complexity index is 1010. The molecule has 5 heteroatoms. The Labute approximate surface area is 176 Å². The first-order valence-corrected chi connectivity index (χ1v) is 9.88. The molecule has 3 aromatic carbocycles. The van der Waals surface area contributed by atoms with E-state index in [0.29, 0.717) is 0 Å². The molecular formula is C25H25NO4. The van der Waals surface area contributed by atoms with Crippen molar-refractivity contribution in [1.29, 1.82) is 0 Å². The van der Waals surface area contributed by atoms with E-state index in [1.54, 1.807) is 13.8 Å². The summed E-state index contributed by atoms with van der Waals surface area (Å²) in [7, 11) is 0. The van der Waals surface area contributed by atoms with Crippen LogP contribution < -0.4 is 5.32 Å². The Balaban J connectivity index is 1.96. The number of benzene rings is 3. The van der Waals surface area contributed by atoms with Crippen molar-refractivity contribution in [3.63, 3.8) is 0 Å². The van der Waals surface area contributed by atoms with Gasteiger partial charge in [0.1, 0.15) is 6.04 Å². The van der Waals surface area contributed by atoms with E-state index in [1.165, 1.54) is 0 Å². The number of ether oxygens (including phenoxy) is 1. The monoisotopic (exact) mass is 403 g/mol. The van der Waals surface area contributed by atoms with Gasteiger partial charge in [0.15, 0.2) is 0 Å². The molecule has 0 heterocycles. The van der Waals surface area contributed by atoms with Gasteiger partial charge in [-0.2, -0.15) is 0 Å². The Hall–Kier alpha value is -3.60. The van der Waals surface area contributed by atoms with E-state index in [2.05, 4.69) is 5.32 Å². The zero-order valence-corrected chi connectivity index (χ0v) is 17.0. The molecule has 0 spiro atoms. The second kappa shape index (κ2) is 9.74. The van der Waals surface area contributed by atoms with Crippen LogP contribution in [0.25, 0.3) is 22.3 Å². The second-order valence-electron chi connectivity index (χ2n) is 7.26. The van der Waals surface area contributed by atoms with Crippen LogP contribution in [0.5, 0.6) is 0 Å². The van der Waals surface area contributed by atoms with Crippen LogP contribution in [0.3, 0.4) is 0 Å². The molecule has 3 rings (SSSR count). The largest absolute Gasteiger partial charge is 0.480 e. The van der Waals surface area contributed by atoms with Gasteiger partial charge >= 0.3 is 12.1 Å². The standard InChI is InChI=1S/C25H25NO4/c1-17(2)30-25(29)26-23(24(27)28)16-19-12-6-7-14-21(19)22-15-9-8-13-20(22)18-10-4-3-5-11-18/h3-15,17,23H,16H2,1-2H3,(H,26,29)(H,27,28)/t23-/m0/s1. The average molecular weight is 403 g/mol. The third-order valence-electron chi connectivity index (χ3n) is 4.68. The van der Waals surface area contributed by atoms with Gasteiger partial charge in [0.05, 0.1) is 6.10 Å². The highest BCUT2D eigenvalue weighted by Gasteiger charge is 2.23. The number of carboxylic acids is 1. The van der Waals surface area contributed by atoms with Crippen LogP contribution >= 0.6 is 0 Å². The smallest absolute Gasteiger partial charge is 0.408 e. The van der Waals surface area contributed by atoms with Crippen molar-refractivity contribution in [1.82, 2.24) is 5.32 Å². The molecular weight excluding hydrogens is 378 g/mol. The van der Waals surface area contributed by atoms with Crippen LogP contribution in [-0.2, 0) is 16.0 Å². The van der Waals surface area contributed by atoms with Crippen molar-refractivity contribution < 1.29 is 19.4 Å². The van der Waals surface area contributed by atoms with Crippen LogP contribution in [0.1, 0.15) is 19.4 Å². The molecule has 0 aliphatic heterocycles. The van der Waals surface area contributed by atoms with E-state index in [4.69, 9.17) is 4.74 Å². The van der Waals surface area contributed by atoms with E-state index < -0.39 is 18.1 Å². The Morgan fingerprint density at radius 1 is 0.833 bits per heavy atom. The number of hydrogen-bond acceptors (Lipinski definition) is 3. The van der Waals surface area contributed by atoms with Gasteiger partial charge in [-0.25, -0.2) is 9.59 Å². The van der Waals surface area contributed by atoms with Gasteiger partial charge in [0, 0.05) is 6.42 Å². The molecule has 3 aromatic rings. The molecule has 0 saturated heterocycles. The van der Waals surface area contributed by atoms with E-state index in [-0.39, 0.29) is 12.5 Å². The molecule has 0 saturated carbocycles. The van der Waals surface area contributed by atoms with Crippen LogP contribution in [-0.4, -0.2) is 29.3 Å². The van der Waals surface area contributed by atoms with Crippen LogP contribution in [0.4, 0.5) is 4.79 Å². The van der Waals surface area contributed by atoms with Crippen LogP contribution in [0, 0.1) is 0 Å². The topological polar surface area (TPSA) is 75.6 Å². The first kappa shape index (κ1) is 21.1. The average Bonchev–Trinajstić information content (AvgIpc) is 2.73. The minimum Gasteiger partial charge on any atom is -0.480 e. The number of amides is 1. The summed E-state index contributed by atoms with van der Waals surface area (Å²) >= 11 is 0. The molecule has 0 aromatic heterocycles. The predicted octanol–water partition coefficient (Wildman–Crippen LogP) is 5.15. The highest BCUT2D eigenvalue weighted by Crippen LogP contribution is 2.34. The van der Waals surface area contributed by atoms with E-state index in [9.17, 15) is 14.7 Å². The van der Waals surface area contributed by atoms with Gasteiger partial charge in [-0.1, -0.05) is 78.9 Å². The molecule has 5 nitrogen and oxygen atoms in total. The zero-order chi connectivity index (χ0) is 21.5. The summed E-state index contributed by atoms with van der Waals surface area (Å²) in [4.78, 5) is 23.7. The summed E-state index contributed by atoms with van der Waals surface area (Å²) in [6.45, 7) is 3.43. The second-order valence-corrected chi connectivity index (χ2v) is 7.26. The molecule has 30 heavy (non-hydrogen) atoms. The molecule has 154 valence electrons. The lowest BCUT2D eigenvalue weighted by Gasteiger charge is -2.19. The van der Waals surface area contributed by atoms with Gasteiger partial charge in [-0.3, -0.25) is 0 Å². The molecule has 0 bridgehead atoms. The van der Waals surface area contributed by atoms with Crippen molar-refractivity contribution >= 4 is 12.1 Å². The summed E-state index contributed by atoms with van der Waals surface area (Å²) in [5, 5.41) is 12.1. The van der Waals surface area contributed by atoms with Crippen molar-refractivity contribution in [2.45, 2.75) is 32.4 Å². The third-order valence-corrected chi connectivity index (χ3v) is 4.68. The summed E-state index contributed by atoms with van der Waals surface area (Å²) in [5.41, 5.74) is 4.91. The van der Waals surface area contributed by atoms with Gasteiger partial charge in [0.25, 0.3) is 0 Å². The van der Waals surface area contributed by atoms with Crippen LogP contribution in [0.15, 0.2) is 78.9 Å². The van der Waals surface area contributed by atoms with E-state index in [0.717, 1.165) is 27.8 Å². The van der Waals surface area contributed by atoms with Crippen molar-refractivity contribution in [3.05, 3.63) is 84.4 Å². The lowest BCUT2D eigenvalue weighted by atomic mass is 9.90. The maximum Gasteiger partial charge on any atom is 0.408 e. The number of carbonyl (C=O) groups excluding carboxylic acids is 1. The van der Waals surface area contributed by atoms with Gasteiger partial charge in [-0.15, -0.1) is 0 Å². The highest BCUT2D eigenvalue weighted by molar-refractivity contribution is 5.86. The number of alkyl carbamates (subject to hydrolysis) is 1. The van der Waals surface area contributed by atoms with Gasteiger partial charge in [0.2, 0.25) is 0 Å². The number of carboxylic acid groups (broad SMARTS) is 1. The summed E-state index contributed by atoms with van der Waals surface area (Å²) < 4.78 is 5.05. The van der Waals surface area contributed by atoms with Crippen LogP contribution in [0.2, 0.25) is 0 Å². The number of nitrogens with one attached hydrogen (secondary N) is 1. The number of carbonyl (C=O) groups is 2. The molecule has 1 amide bonds. The van der Waals surface area contributed by atoms with Gasteiger partial charge in [-0.05, 0) is 41.7 Å². The van der Waals surface area contributed by atoms with Crippen molar-refractivity contribution in [2.24, 2.45) is 0 Å². The molecule has 2 N–H and O–H groups in total. The summed E-state index contributed by atoms with van der Waals surface area (Å²) in [5.74, 6) is -1.11. The molecule has 0 unspecified atom stereocenters. The fourth-order valence-electron chi connectivity index (χ4n) is 3.36. The Morgan fingerprint density at radius 3 is 2.03 bits per heavy atom. The summed E-state index contributed by atoms with van der Waals surface area (Å²) in [6.07, 6.45) is -0.925. The number of aliphatic carboxylic acids is 1. The molecule has 0 aliphatic rings. The molecule has 0 fully saturated rings. The lowest BCUT2D eigenvalue weighted by Crippen LogP contribution is -2.43. The van der Waals surface area contributed by atoms with Gasteiger partial charge < -0.3 is 15.2 Å². The zero-order valence-electron chi connectivity index (χ0n) is 17.0. The van der Waals surface area contributed by atoms with E-state index >= 15 is 0 Å². The first-order chi connectivity index (χ1) is 14.5. The summed E-state index contributed by atoms with van der Waals surface area (Å²) in [6, 6.07) is 24.6. The third kappa shape index (κ3) is 5.26. The van der Waals surface area contributed by atoms with E-state index in [1.807, 2.05) is 78.9 Å². The lowest BCUT2D eigenvalue weighted by molar-refractivity contribution is -0.139. The SMILES string of the molecule is CC(C)OC(=O)N[C@@H](Cc1ccccc1-c1ccccc1-c1ccccc1)C(=O)O. The molecule has 0 radical (unpaired) electrons. The molecule has 1 atom stereocenters. The number of hydrogen-bond donors (Lipinski definition) is 2. The highest BCUT2D eigenvalue weighted by atomic mass is 16.6. The minimum atomic E-state index is -1.11. The quantitative estimate of drug-likeness (QED) is 0.572. The predicted molar refractivity (Wildman–Crippen MR) is 117 cm³/mol. The van der Waals surface area contributed by atoms with Crippen molar-refractivity contribution in [3.8, 4) is 22.3 Å². The first-order valence-electron chi connectivity index (χ1n) is 9.88. The maximum atomic E-state index is 12.0. The van der Waals surface area contributed by atoms with Crippen molar-refractivity contribution in [2.75, 3.05) is 0 Å². The normalized spacial score (nSPS) is 11.7.